The molecule has 146 valence electrons. The minimum absolute atomic E-state index is 0.0378. The van der Waals surface area contributed by atoms with Gasteiger partial charge in [-0.25, -0.2) is 13.2 Å². The first-order chi connectivity index (χ1) is 12.6. The highest BCUT2D eigenvalue weighted by atomic mass is 19.1. The van der Waals surface area contributed by atoms with Crippen molar-refractivity contribution in [3.8, 4) is 0 Å². The van der Waals surface area contributed by atoms with Gasteiger partial charge in [0.1, 0.15) is 6.17 Å². The number of rotatable bonds is 2. The van der Waals surface area contributed by atoms with E-state index in [4.69, 9.17) is 0 Å². The Kier molecular flexibility index (Phi) is 3.91. The molecule has 0 bridgehead atoms. The molecule has 2 fully saturated rings. The van der Waals surface area contributed by atoms with Crippen molar-refractivity contribution in [1.29, 1.82) is 0 Å². The van der Waals surface area contributed by atoms with Gasteiger partial charge in [-0.15, -0.1) is 0 Å². The molecule has 4 aliphatic rings. The molecule has 27 heavy (non-hydrogen) atoms. The number of alkyl halides is 3. The Labute approximate surface area is 156 Å². The number of fused-ring (bicyclic) bond motifs is 5. The number of carbonyl (C=O) groups is 2. The second-order valence-electron chi connectivity index (χ2n) is 8.77. The first kappa shape index (κ1) is 18.7. The summed E-state index contributed by atoms with van der Waals surface area (Å²) in [6, 6.07) is 0. The third-order valence-electron chi connectivity index (χ3n) is 7.63. The number of hydrogen-bond donors (Lipinski definition) is 1. The third-order valence-corrected chi connectivity index (χ3v) is 7.63. The lowest BCUT2D eigenvalue weighted by Gasteiger charge is -2.62. The highest BCUT2D eigenvalue weighted by Gasteiger charge is 2.71. The molecule has 1 N–H and O–H groups in total. The molecule has 2 saturated carbocycles. The normalized spacial score (nSPS) is 48.3. The van der Waals surface area contributed by atoms with E-state index in [0.717, 1.165) is 6.08 Å². The molecule has 6 heteroatoms. The van der Waals surface area contributed by atoms with Gasteiger partial charge in [0.2, 0.25) is 0 Å². The Morgan fingerprint density at radius 3 is 2.70 bits per heavy atom. The maximum atomic E-state index is 16.6. The van der Waals surface area contributed by atoms with E-state index in [-0.39, 0.29) is 29.8 Å². The van der Waals surface area contributed by atoms with Crippen molar-refractivity contribution in [3.63, 3.8) is 0 Å². The standard InChI is InChI=1S/C21H23F3O3/c1-19-9-18(27)21(24)14(12(19)3-4-13(19)17(26)10-22)8-16(23)15-7-11(25)5-6-20(15,21)2/h4-7,12,14,16,18,27H,3,8-10H2,1-2H3. The Morgan fingerprint density at radius 1 is 1.33 bits per heavy atom. The average molecular weight is 380 g/mol. The summed E-state index contributed by atoms with van der Waals surface area (Å²) < 4.78 is 44.7. The van der Waals surface area contributed by atoms with E-state index < -0.39 is 53.1 Å². The largest absolute Gasteiger partial charge is 0.390 e. The first-order valence-electron chi connectivity index (χ1n) is 9.35. The van der Waals surface area contributed by atoms with Crippen LogP contribution in [0.25, 0.3) is 0 Å². The van der Waals surface area contributed by atoms with E-state index in [9.17, 15) is 19.1 Å². The van der Waals surface area contributed by atoms with Gasteiger partial charge in [-0.1, -0.05) is 19.1 Å². The van der Waals surface area contributed by atoms with Gasteiger partial charge in [-0.2, -0.15) is 0 Å². The van der Waals surface area contributed by atoms with E-state index in [1.807, 2.05) is 0 Å². The molecule has 0 spiro atoms. The molecule has 0 heterocycles. The van der Waals surface area contributed by atoms with Crippen molar-refractivity contribution in [2.45, 2.75) is 51.1 Å². The van der Waals surface area contributed by atoms with E-state index >= 15 is 8.78 Å². The molecular formula is C21H23F3O3. The summed E-state index contributed by atoms with van der Waals surface area (Å²) in [6.07, 6.45) is 2.57. The fourth-order valence-electron chi connectivity index (χ4n) is 6.28. The number of ketones is 2. The van der Waals surface area contributed by atoms with E-state index in [2.05, 4.69) is 0 Å². The van der Waals surface area contributed by atoms with Crippen molar-refractivity contribution in [2.24, 2.45) is 22.7 Å². The fourth-order valence-corrected chi connectivity index (χ4v) is 6.28. The molecule has 7 atom stereocenters. The van der Waals surface area contributed by atoms with Gasteiger partial charge in [0, 0.05) is 22.3 Å². The zero-order valence-electron chi connectivity index (χ0n) is 15.3. The molecule has 0 aromatic carbocycles. The highest BCUT2D eigenvalue weighted by molar-refractivity contribution is 6.01. The molecule has 0 saturated heterocycles. The van der Waals surface area contributed by atoms with Crippen molar-refractivity contribution < 1.29 is 27.9 Å². The molecular weight excluding hydrogens is 357 g/mol. The Bertz CT molecular complexity index is 815. The smallest absolute Gasteiger partial charge is 0.190 e. The zero-order valence-corrected chi connectivity index (χ0v) is 15.3. The van der Waals surface area contributed by atoms with Crippen molar-refractivity contribution >= 4 is 11.6 Å². The summed E-state index contributed by atoms with van der Waals surface area (Å²) in [5.41, 5.74) is -4.12. The van der Waals surface area contributed by atoms with Gasteiger partial charge >= 0.3 is 0 Å². The van der Waals surface area contributed by atoms with Crippen LogP contribution in [0.3, 0.4) is 0 Å². The Hall–Kier alpha value is -1.69. The Balaban J connectivity index is 1.82. The topological polar surface area (TPSA) is 54.4 Å². The van der Waals surface area contributed by atoms with Crippen LogP contribution in [0.2, 0.25) is 0 Å². The number of aliphatic hydroxyl groups is 1. The fraction of sp³-hybridized carbons (Fsp3) is 0.619. The second kappa shape index (κ2) is 5.66. The summed E-state index contributed by atoms with van der Waals surface area (Å²) in [6.45, 7) is 2.13. The van der Waals surface area contributed by atoms with Crippen LogP contribution < -0.4 is 0 Å². The minimum atomic E-state index is -2.16. The van der Waals surface area contributed by atoms with Crippen LogP contribution in [0, 0.1) is 22.7 Å². The van der Waals surface area contributed by atoms with Crippen molar-refractivity contribution in [2.75, 3.05) is 6.67 Å². The predicted molar refractivity (Wildman–Crippen MR) is 93.1 cm³/mol. The molecule has 0 aromatic rings. The number of allylic oxidation sites excluding steroid dienone is 6. The SMILES string of the molecule is CC12CC(O)C3(F)C(CC(F)C4=CC(=O)C=CC43C)C1CC=C2C(=O)CF. The molecule has 0 aromatic heterocycles. The lowest BCUT2D eigenvalue weighted by Crippen LogP contribution is -2.68. The van der Waals surface area contributed by atoms with E-state index in [1.54, 1.807) is 13.0 Å². The Morgan fingerprint density at radius 2 is 2.04 bits per heavy atom. The average Bonchev–Trinajstić information content (AvgIpc) is 2.95. The van der Waals surface area contributed by atoms with E-state index in [0.29, 0.717) is 6.42 Å². The molecule has 0 radical (unpaired) electrons. The molecule has 4 rings (SSSR count). The summed E-state index contributed by atoms with van der Waals surface area (Å²) >= 11 is 0. The molecule has 3 nitrogen and oxygen atoms in total. The lowest BCUT2D eigenvalue weighted by molar-refractivity contribution is -0.192. The van der Waals surface area contributed by atoms with Gasteiger partial charge in [0.15, 0.2) is 23.9 Å². The second-order valence-corrected chi connectivity index (χ2v) is 8.77. The van der Waals surface area contributed by atoms with E-state index in [1.165, 1.54) is 19.1 Å². The van der Waals surface area contributed by atoms with Crippen LogP contribution in [0.4, 0.5) is 13.2 Å². The maximum Gasteiger partial charge on any atom is 0.190 e. The van der Waals surface area contributed by atoms with Gasteiger partial charge in [-0.05, 0) is 49.8 Å². The number of Topliss-reactive ketones (excluding diaryl/α,β-unsaturated/α-hetero) is 1. The minimum Gasteiger partial charge on any atom is -0.390 e. The predicted octanol–water partition coefficient (Wildman–Crippen LogP) is 3.38. The van der Waals surface area contributed by atoms with Gasteiger partial charge in [-0.3, -0.25) is 9.59 Å². The van der Waals surface area contributed by atoms with Crippen molar-refractivity contribution in [1.82, 2.24) is 0 Å². The summed E-state index contributed by atoms with van der Waals surface area (Å²) in [7, 11) is 0. The first-order valence-corrected chi connectivity index (χ1v) is 9.35. The van der Waals surface area contributed by atoms with Crippen LogP contribution >= 0.6 is 0 Å². The molecule has 4 aliphatic carbocycles. The van der Waals surface area contributed by atoms with Crippen LogP contribution in [0.15, 0.2) is 35.5 Å². The molecule has 7 unspecified atom stereocenters. The van der Waals surface area contributed by atoms with Crippen molar-refractivity contribution in [3.05, 3.63) is 35.5 Å². The van der Waals surface area contributed by atoms with Gasteiger partial charge in [0.25, 0.3) is 0 Å². The lowest BCUT2D eigenvalue weighted by atomic mass is 9.45. The van der Waals surface area contributed by atoms with Crippen LogP contribution in [0.5, 0.6) is 0 Å². The van der Waals surface area contributed by atoms with Crippen LogP contribution in [-0.2, 0) is 9.59 Å². The number of hydrogen-bond acceptors (Lipinski definition) is 3. The number of halogens is 3. The monoisotopic (exact) mass is 380 g/mol. The van der Waals surface area contributed by atoms with Gasteiger partial charge in [0.05, 0.1) is 6.10 Å². The third kappa shape index (κ3) is 2.13. The number of carbonyl (C=O) groups excluding carboxylic acids is 2. The summed E-state index contributed by atoms with van der Waals surface area (Å²) in [4.78, 5) is 23.8. The van der Waals surface area contributed by atoms with Gasteiger partial charge < -0.3 is 5.11 Å². The van der Waals surface area contributed by atoms with Crippen LogP contribution in [-0.4, -0.2) is 41.3 Å². The highest BCUT2D eigenvalue weighted by Crippen LogP contribution is 2.68. The molecule has 0 amide bonds. The summed E-state index contributed by atoms with van der Waals surface area (Å²) in [5.74, 6) is -2.29. The summed E-state index contributed by atoms with van der Waals surface area (Å²) in [5, 5.41) is 10.9. The quantitative estimate of drug-likeness (QED) is 0.799. The maximum absolute atomic E-state index is 16.6. The number of aliphatic hydroxyl groups excluding tert-OH is 1. The van der Waals surface area contributed by atoms with Crippen LogP contribution in [0.1, 0.15) is 33.1 Å². The molecule has 0 aliphatic heterocycles. The zero-order chi connectivity index (χ0) is 19.8.